The van der Waals surface area contributed by atoms with Crippen LogP contribution in [-0.2, 0) is 13.0 Å². The molecular weight excluding hydrogens is 249 g/mol. The van der Waals surface area contributed by atoms with Gasteiger partial charge >= 0.3 is 0 Å². The molecular formula is C18H20FN. The summed E-state index contributed by atoms with van der Waals surface area (Å²) in [4.78, 5) is 2.39. The van der Waals surface area contributed by atoms with Crippen molar-refractivity contribution in [3.63, 3.8) is 0 Å². The lowest BCUT2D eigenvalue weighted by atomic mass is 9.96. The van der Waals surface area contributed by atoms with Gasteiger partial charge in [0.25, 0.3) is 0 Å². The molecule has 0 aliphatic carbocycles. The van der Waals surface area contributed by atoms with Gasteiger partial charge in [0.1, 0.15) is 5.82 Å². The molecule has 0 spiro atoms. The summed E-state index contributed by atoms with van der Waals surface area (Å²) in [5.41, 5.74) is 4.91. The van der Waals surface area contributed by atoms with Gasteiger partial charge in [-0.05, 0) is 56.0 Å². The zero-order chi connectivity index (χ0) is 14.1. The van der Waals surface area contributed by atoms with E-state index in [4.69, 9.17) is 0 Å². The second-order valence-electron chi connectivity index (χ2n) is 5.77. The van der Waals surface area contributed by atoms with E-state index in [1.54, 1.807) is 12.1 Å². The second kappa shape index (κ2) is 5.28. The molecule has 0 aromatic heterocycles. The SMILES string of the molecule is Cc1ccc(CN2c3ccc(F)cc3CCC2C)cc1. The fraction of sp³-hybridized carbons (Fsp3) is 0.333. The number of halogens is 1. The van der Waals surface area contributed by atoms with Crippen LogP contribution in [0.25, 0.3) is 0 Å². The summed E-state index contributed by atoms with van der Waals surface area (Å²) < 4.78 is 13.4. The molecule has 1 aliphatic heterocycles. The van der Waals surface area contributed by atoms with E-state index in [1.165, 1.54) is 16.8 Å². The molecule has 2 aromatic carbocycles. The van der Waals surface area contributed by atoms with Gasteiger partial charge < -0.3 is 4.90 Å². The van der Waals surface area contributed by atoms with Crippen molar-refractivity contribution in [3.05, 3.63) is 65.0 Å². The number of hydrogen-bond donors (Lipinski definition) is 0. The van der Waals surface area contributed by atoms with E-state index in [2.05, 4.69) is 43.0 Å². The van der Waals surface area contributed by atoms with E-state index in [9.17, 15) is 4.39 Å². The van der Waals surface area contributed by atoms with Crippen molar-refractivity contribution in [1.82, 2.24) is 0 Å². The van der Waals surface area contributed by atoms with E-state index in [0.717, 1.165) is 24.9 Å². The van der Waals surface area contributed by atoms with Crippen molar-refractivity contribution in [2.24, 2.45) is 0 Å². The second-order valence-corrected chi connectivity index (χ2v) is 5.77. The standard InChI is InChI=1S/C18H20FN/c1-13-3-6-15(7-4-13)12-20-14(2)5-8-16-11-17(19)9-10-18(16)20/h3-4,6-7,9-11,14H,5,8,12H2,1-2H3. The maximum Gasteiger partial charge on any atom is 0.123 e. The van der Waals surface area contributed by atoms with Crippen LogP contribution in [0.3, 0.4) is 0 Å². The van der Waals surface area contributed by atoms with Crippen molar-refractivity contribution < 1.29 is 4.39 Å². The minimum Gasteiger partial charge on any atom is -0.364 e. The number of nitrogens with zero attached hydrogens (tertiary/aromatic N) is 1. The monoisotopic (exact) mass is 269 g/mol. The number of aryl methyl sites for hydroxylation is 2. The Labute approximate surface area is 120 Å². The molecule has 1 aliphatic rings. The van der Waals surface area contributed by atoms with Gasteiger partial charge in [-0.3, -0.25) is 0 Å². The lowest BCUT2D eigenvalue weighted by Crippen LogP contribution is -2.36. The molecule has 0 amide bonds. The summed E-state index contributed by atoms with van der Waals surface area (Å²) in [5, 5.41) is 0. The first-order valence-corrected chi connectivity index (χ1v) is 7.24. The lowest BCUT2D eigenvalue weighted by Gasteiger charge is -2.37. The third-order valence-electron chi connectivity index (χ3n) is 4.19. The Kier molecular flexibility index (Phi) is 3.47. The summed E-state index contributed by atoms with van der Waals surface area (Å²) in [7, 11) is 0. The fourth-order valence-corrected chi connectivity index (χ4v) is 2.92. The Balaban J connectivity index is 1.91. The molecule has 3 rings (SSSR count). The van der Waals surface area contributed by atoms with Crippen LogP contribution in [0.5, 0.6) is 0 Å². The largest absolute Gasteiger partial charge is 0.364 e. The smallest absolute Gasteiger partial charge is 0.123 e. The predicted molar refractivity (Wildman–Crippen MR) is 81.5 cm³/mol. The van der Waals surface area contributed by atoms with Crippen LogP contribution in [0.4, 0.5) is 10.1 Å². The number of rotatable bonds is 2. The molecule has 0 saturated carbocycles. The molecule has 0 N–H and O–H groups in total. The Morgan fingerprint density at radius 1 is 1.15 bits per heavy atom. The normalized spacial score (nSPS) is 17.9. The predicted octanol–water partition coefficient (Wildman–Crippen LogP) is 4.48. The zero-order valence-electron chi connectivity index (χ0n) is 12.1. The van der Waals surface area contributed by atoms with E-state index in [1.807, 2.05) is 6.07 Å². The third kappa shape index (κ3) is 2.55. The Bertz CT molecular complexity index is 603. The van der Waals surface area contributed by atoms with E-state index < -0.39 is 0 Å². The summed E-state index contributed by atoms with van der Waals surface area (Å²) in [6, 6.07) is 14.3. The van der Waals surface area contributed by atoms with Gasteiger partial charge in [0.2, 0.25) is 0 Å². The van der Waals surface area contributed by atoms with Crippen LogP contribution in [0.2, 0.25) is 0 Å². The quantitative estimate of drug-likeness (QED) is 0.777. The third-order valence-corrected chi connectivity index (χ3v) is 4.19. The van der Waals surface area contributed by atoms with Gasteiger partial charge in [0.05, 0.1) is 0 Å². The lowest BCUT2D eigenvalue weighted by molar-refractivity contribution is 0.554. The average molecular weight is 269 g/mol. The van der Waals surface area contributed by atoms with Gasteiger partial charge in [-0.1, -0.05) is 29.8 Å². The van der Waals surface area contributed by atoms with Crippen molar-refractivity contribution >= 4 is 5.69 Å². The minimum atomic E-state index is -0.131. The van der Waals surface area contributed by atoms with Crippen molar-refractivity contribution in [1.29, 1.82) is 0 Å². The van der Waals surface area contributed by atoms with E-state index >= 15 is 0 Å². The first-order valence-electron chi connectivity index (χ1n) is 7.24. The molecule has 1 atom stereocenters. The van der Waals surface area contributed by atoms with Crippen LogP contribution < -0.4 is 4.90 Å². The van der Waals surface area contributed by atoms with Gasteiger partial charge in [0.15, 0.2) is 0 Å². The molecule has 0 fully saturated rings. The van der Waals surface area contributed by atoms with Crippen molar-refractivity contribution in [2.75, 3.05) is 4.90 Å². The molecule has 104 valence electrons. The van der Waals surface area contributed by atoms with E-state index in [-0.39, 0.29) is 5.82 Å². The van der Waals surface area contributed by atoms with E-state index in [0.29, 0.717) is 6.04 Å². The summed E-state index contributed by atoms with van der Waals surface area (Å²) in [5.74, 6) is -0.131. The first-order chi connectivity index (χ1) is 9.63. The molecule has 0 radical (unpaired) electrons. The highest BCUT2D eigenvalue weighted by Gasteiger charge is 2.23. The van der Waals surface area contributed by atoms with Gasteiger partial charge in [-0.25, -0.2) is 4.39 Å². The van der Waals surface area contributed by atoms with Gasteiger partial charge in [-0.15, -0.1) is 0 Å². The molecule has 0 saturated heterocycles. The highest BCUT2D eigenvalue weighted by molar-refractivity contribution is 5.57. The molecule has 1 unspecified atom stereocenters. The zero-order valence-corrected chi connectivity index (χ0v) is 12.1. The van der Waals surface area contributed by atoms with Crippen LogP contribution in [-0.4, -0.2) is 6.04 Å². The van der Waals surface area contributed by atoms with Crippen molar-refractivity contribution in [3.8, 4) is 0 Å². The van der Waals surface area contributed by atoms with Crippen LogP contribution in [0.1, 0.15) is 30.0 Å². The molecule has 20 heavy (non-hydrogen) atoms. The first kappa shape index (κ1) is 13.2. The number of anilines is 1. The highest BCUT2D eigenvalue weighted by Crippen LogP contribution is 2.32. The summed E-state index contributed by atoms with van der Waals surface area (Å²) >= 11 is 0. The molecule has 1 nitrogen and oxygen atoms in total. The Morgan fingerprint density at radius 3 is 2.65 bits per heavy atom. The van der Waals surface area contributed by atoms with Gasteiger partial charge in [-0.2, -0.15) is 0 Å². The number of benzene rings is 2. The molecule has 1 heterocycles. The van der Waals surface area contributed by atoms with Crippen LogP contribution in [0, 0.1) is 12.7 Å². The van der Waals surface area contributed by atoms with Crippen LogP contribution >= 0.6 is 0 Å². The topological polar surface area (TPSA) is 3.24 Å². The average Bonchev–Trinajstić information content (AvgIpc) is 2.44. The Morgan fingerprint density at radius 2 is 1.90 bits per heavy atom. The maximum absolute atomic E-state index is 13.4. The fourth-order valence-electron chi connectivity index (χ4n) is 2.92. The van der Waals surface area contributed by atoms with Gasteiger partial charge in [0, 0.05) is 18.3 Å². The highest BCUT2D eigenvalue weighted by atomic mass is 19.1. The molecule has 2 heteroatoms. The maximum atomic E-state index is 13.4. The van der Waals surface area contributed by atoms with Crippen LogP contribution in [0.15, 0.2) is 42.5 Å². The number of fused-ring (bicyclic) bond motifs is 1. The number of hydrogen-bond acceptors (Lipinski definition) is 1. The Hall–Kier alpha value is -1.83. The van der Waals surface area contributed by atoms with Crippen molar-refractivity contribution in [2.45, 2.75) is 39.3 Å². The molecule has 2 aromatic rings. The molecule has 0 bridgehead atoms. The minimum absolute atomic E-state index is 0.131. The summed E-state index contributed by atoms with van der Waals surface area (Å²) in [6.45, 7) is 5.24. The summed E-state index contributed by atoms with van der Waals surface area (Å²) in [6.07, 6.45) is 2.06.